The van der Waals surface area contributed by atoms with Gasteiger partial charge in [-0.3, -0.25) is 18.7 Å². The van der Waals surface area contributed by atoms with Gasteiger partial charge in [0.15, 0.2) is 11.5 Å². The van der Waals surface area contributed by atoms with E-state index in [2.05, 4.69) is 15.3 Å². The van der Waals surface area contributed by atoms with Gasteiger partial charge in [-0.2, -0.15) is 0 Å². The zero-order valence-corrected chi connectivity index (χ0v) is 20.8. The summed E-state index contributed by atoms with van der Waals surface area (Å²) in [5.74, 6) is -0.479. The first-order chi connectivity index (χ1) is 16.6. The summed E-state index contributed by atoms with van der Waals surface area (Å²) in [6, 6.07) is 9.57. The molecule has 0 bridgehead atoms. The highest BCUT2D eigenvalue weighted by Gasteiger charge is 2.19. The van der Waals surface area contributed by atoms with Gasteiger partial charge in [0, 0.05) is 25.3 Å². The minimum Gasteiger partial charge on any atom is -0.325 e. The van der Waals surface area contributed by atoms with Gasteiger partial charge in [-0.25, -0.2) is 19.2 Å². The van der Waals surface area contributed by atoms with E-state index in [4.69, 9.17) is 0 Å². The molecule has 180 valence electrons. The Morgan fingerprint density at radius 3 is 2.26 bits per heavy atom. The van der Waals surface area contributed by atoms with Gasteiger partial charge in [-0.15, -0.1) is 0 Å². The summed E-state index contributed by atoms with van der Waals surface area (Å²) in [6.07, 6.45) is 0. The van der Waals surface area contributed by atoms with E-state index in [1.165, 1.54) is 42.9 Å². The molecular formula is C25H24FN5O3S. The minimum atomic E-state index is -0.554. The van der Waals surface area contributed by atoms with E-state index in [-0.39, 0.29) is 33.5 Å². The van der Waals surface area contributed by atoms with Crippen LogP contribution in [0.2, 0.25) is 0 Å². The van der Waals surface area contributed by atoms with E-state index in [0.717, 1.165) is 38.7 Å². The van der Waals surface area contributed by atoms with Crippen molar-refractivity contribution in [1.29, 1.82) is 0 Å². The molecule has 2 heterocycles. The van der Waals surface area contributed by atoms with Gasteiger partial charge in [0.05, 0.1) is 5.75 Å². The second kappa shape index (κ2) is 9.46. The van der Waals surface area contributed by atoms with E-state index in [1.807, 2.05) is 32.9 Å². The molecule has 0 aliphatic rings. The zero-order valence-electron chi connectivity index (χ0n) is 20.0. The maximum Gasteiger partial charge on any atom is 0.332 e. The van der Waals surface area contributed by atoms with Crippen molar-refractivity contribution < 1.29 is 9.18 Å². The molecule has 0 aliphatic heterocycles. The number of carbonyl (C=O) groups excluding carboxylic acids is 1. The average Bonchev–Trinajstić information content (AvgIpc) is 2.82. The Morgan fingerprint density at radius 2 is 1.63 bits per heavy atom. The number of aryl methyl sites for hydroxylation is 4. The summed E-state index contributed by atoms with van der Waals surface area (Å²) in [5, 5.41) is 3.34. The van der Waals surface area contributed by atoms with Crippen LogP contribution in [0, 0.1) is 26.6 Å². The molecule has 4 rings (SSSR count). The number of carbonyl (C=O) groups is 1. The quantitative estimate of drug-likeness (QED) is 0.338. The molecule has 1 amide bonds. The molecule has 0 spiro atoms. The minimum absolute atomic E-state index is 0.0201. The Morgan fingerprint density at radius 1 is 1.00 bits per heavy atom. The molecule has 1 N–H and O–H groups in total. The lowest BCUT2D eigenvalue weighted by molar-refractivity contribution is -0.113. The largest absolute Gasteiger partial charge is 0.332 e. The number of rotatable bonds is 5. The van der Waals surface area contributed by atoms with E-state index in [9.17, 15) is 18.8 Å². The Labute approximate surface area is 204 Å². The van der Waals surface area contributed by atoms with Gasteiger partial charge in [0.2, 0.25) is 5.91 Å². The maximum atomic E-state index is 13.4. The maximum absolute atomic E-state index is 13.4. The summed E-state index contributed by atoms with van der Waals surface area (Å²) in [7, 11) is 2.89. The first kappa shape index (κ1) is 24.3. The van der Waals surface area contributed by atoms with Crippen LogP contribution in [0.15, 0.2) is 51.0 Å². The number of thioether (sulfide) groups is 1. The SMILES string of the molecule is Cc1cc(C)c(NC(=O)CSc2nc(-c3ccc(F)cc3)nc3c2c(=O)n(C)c(=O)n3C)c(C)c1. The van der Waals surface area contributed by atoms with Crippen molar-refractivity contribution in [3.8, 4) is 11.4 Å². The number of anilines is 1. The van der Waals surface area contributed by atoms with Crippen molar-refractivity contribution >= 4 is 34.4 Å². The van der Waals surface area contributed by atoms with Crippen molar-refractivity contribution in [2.24, 2.45) is 14.1 Å². The van der Waals surface area contributed by atoms with Crippen molar-refractivity contribution in [3.05, 3.63) is 79.7 Å². The van der Waals surface area contributed by atoms with Crippen LogP contribution in [0.4, 0.5) is 10.1 Å². The number of hydrogen-bond acceptors (Lipinski definition) is 6. The molecule has 8 nitrogen and oxygen atoms in total. The second-order valence-electron chi connectivity index (χ2n) is 8.37. The number of benzene rings is 2. The molecule has 0 unspecified atom stereocenters. The lowest BCUT2D eigenvalue weighted by Crippen LogP contribution is -2.37. The smallest absolute Gasteiger partial charge is 0.325 e. The fraction of sp³-hybridized carbons (Fsp3) is 0.240. The molecule has 35 heavy (non-hydrogen) atoms. The third-order valence-corrected chi connectivity index (χ3v) is 6.63. The molecule has 2 aromatic carbocycles. The van der Waals surface area contributed by atoms with Crippen LogP contribution in [-0.4, -0.2) is 30.8 Å². The van der Waals surface area contributed by atoms with Crippen LogP contribution in [-0.2, 0) is 18.9 Å². The Balaban J connectivity index is 1.75. The van der Waals surface area contributed by atoms with E-state index < -0.39 is 17.1 Å². The van der Waals surface area contributed by atoms with E-state index >= 15 is 0 Å². The van der Waals surface area contributed by atoms with Gasteiger partial charge in [-0.1, -0.05) is 29.5 Å². The Kier molecular flexibility index (Phi) is 6.58. The molecular weight excluding hydrogens is 469 g/mol. The fourth-order valence-corrected chi connectivity index (χ4v) is 4.76. The first-order valence-electron chi connectivity index (χ1n) is 10.8. The third-order valence-electron chi connectivity index (χ3n) is 5.65. The number of aromatic nitrogens is 4. The van der Waals surface area contributed by atoms with E-state index in [0.29, 0.717) is 5.56 Å². The highest BCUT2D eigenvalue weighted by atomic mass is 32.2. The number of halogens is 1. The van der Waals surface area contributed by atoms with Gasteiger partial charge < -0.3 is 5.32 Å². The molecule has 2 aromatic heterocycles. The predicted octanol–water partition coefficient (Wildman–Crippen LogP) is 3.49. The zero-order chi connectivity index (χ0) is 25.4. The molecule has 4 aromatic rings. The van der Waals surface area contributed by atoms with Crippen molar-refractivity contribution in [2.75, 3.05) is 11.1 Å². The van der Waals surface area contributed by atoms with E-state index in [1.54, 1.807) is 0 Å². The number of nitrogens with zero attached hydrogens (tertiary/aromatic N) is 4. The molecule has 0 saturated carbocycles. The van der Waals surface area contributed by atoms with Crippen molar-refractivity contribution in [2.45, 2.75) is 25.8 Å². The van der Waals surface area contributed by atoms with Gasteiger partial charge in [0.1, 0.15) is 16.2 Å². The third kappa shape index (κ3) is 4.74. The van der Waals surface area contributed by atoms with Crippen molar-refractivity contribution in [1.82, 2.24) is 19.1 Å². The number of fused-ring (bicyclic) bond motifs is 1. The molecule has 0 fully saturated rings. The molecule has 0 radical (unpaired) electrons. The molecule has 0 atom stereocenters. The average molecular weight is 494 g/mol. The summed E-state index contributed by atoms with van der Waals surface area (Å²) in [5.41, 5.74) is 3.33. The van der Waals surface area contributed by atoms with Crippen LogP contribution in [0.3, 0.4) is 0 Å². The highest BCUT2D eigenvalue weighted by Crippen LogP contribution is 2.27. The highest BCUT2D eigenvalue weighted by molar-refractivity contribution is 8.00. The summed E-state index contributed by atoms with van der Waals surface area (Å²) >= 11 is 1.08. The van der Waals surface area contributed by atoms with Gasteiger partial charge in [-0.05, 0) is 56.2 Å². The van der Waals surface area contributed by atoms with Crippen LogP contribution in [0.25, 0.3) is 22.4 Å². The van der Waals surface area contributed by atoms with Crippen LogP contribution >= 0.6 is 11.8 Å². The van der Waals surface area contributed by atoms with Crippen LogP contribution < -0.4 is 16.6 Å². The molecule has 0 saturated heterocycles. The molecule has 10 heteroatoms. The summed E-state index contributed by atoms with van der Waals surface area (Å²) in [4.78, 5) is 47.3. The van der Waals surface area contributed by atoms with Crippen LogP contribution in [0.1, 0.15) is 16.7 Å². The summed E-state index contributed by atoms with van der Waals surface area (Å²) in [6.45, 7) is 5.86. The lowest BCUT2D eigenvalue weighted by atomic mass is 10.1. The lowest BCUT2D eigenvalue weighted by Gasteiger charge is -2.14. The predicted molar refractivity (Wildman–Crippen MR) is 135 cm³/mol. The van der Waals surface area contributed by atoms with Gasteiger partial charge in [0.25, 0.3) is 5.56 Å². The van der Waals surface area contributed by atoms with Crippen LogP contribution in [0.5, 0.6) is 0 Å². The number of hydrogen-bond donors (Lipinski definition) is 1. The normalized spacial score (nSPS) is 11.1. The first-order valence-corrected chi connectivity index (χ1v) is 11.8. The van der Waals surface area contributed by atoms with Gasteiger partial charge >= 0.3 is 5.69 Å². The summed E-state index contributed by atoms with van der Waals surface area (Å²) < 4.78 is 15.7. The number of amides is 1. The fourth-order valence-electron chi connectivity index (χ4n) is 3.95. The Bertz CT molecular complexity index is 1570. The monoisotopic (exact) mass is 493 g/mol. The number of nitrogens with one attached hydrogen (secondary N) is 1. The molecule has 0 aliphatic carbocycles. The Hall–Kier alpha value is -3.79. The standard InChI is InChI=1S/C25H24FN5O3S/c1-13-10-14(2)20(15(3)11-13)27-18(32)12-35-23-19-22(30(4)25(34)31(5)24(19)33)28-21(29-23)16-6-8-17(26)9-7-16/h6-11H,12H2,1-5H3,(H,27,32). The second-order valence-corrected chi connectivity index (χ2v) is 9.34. The van der Waals surface area contributed by atoms with Crippen molar-refractivity contribution in [3.63, 3.8) is 0 Å². The topological polar surface area (TPSA) is 98.9 Å².